The topological polar surface area (TPSA) is 49.4 Å². The van der Waals surface area contributed by atoms with Gasteiger partial charge in [-0.05, 0) is 76.3 Å². The summed E-state index contributed by atoms with van der Waals surface area (Å²) < 4.78 is 63.4. The monoisotopic (exact) mass is 384 g/mol. The second-order valence-corrected chi connectivity index (χ2v) is 8.60. The molecule has 0 saturated carbocycles. The molecule has 0 aliphatic carbocycles. The largest absolute Gasteiger partial charge is 0.446 e. The summed E-state index contributed by atoms with van der Waals surface area (Å²) in [5.41, 5.74) is -4.39. The van der Waals surface area contributed by atoms with Gasteiger partial charge in [-0.3, -0.25) is 0 Å². The molecule has 1 N–H and O–H groups in total. The third-order valence-corrected chi connectivity index (χ3v) is 5.70. The minimum Gasteiger partial charge on any atom is -0.304 e. The molecule has 4 nitrogen and oxygen atoms in total. The van der Waals surface area contributed by atoms with Crippen LogP contribution in [0.1, 0.15) is 26.7 Å². The number of thioether (sulfide) groups is 1. The first-order valence-electron chi connectivity index (χ1n) is 7.57. The zero-order valence-corrected chi connectivity index (χ0v) is 15.6. The summed E-state index contributed by atoms with van der Waals surface area (Å²) in [6.45, 7) is 5.35. The predicted octanol–water partition coefficient (Wildman–Crippen LogP) is 3.70. The molecule has 0 radical (unpaired) electrons. The van der Waals surface area contributed by atoms with Gasteiger partial charge in [0.05, 0.1) is 4.90 Å². The van der Waals surface area contributed by atoms with E-state index < -0.39 is 15.5 Å². The quantitative estimate of drug-likeness (QED) is 0.521. The Labute approximate surface area is 145 Å². The van der Waals surface area contributed by atoms with Gasteiger partial charge in [0.15, 0.2) is 0 Å². The smallest absolute Gasteiger partial charge is 0.304 e. The van der Waals surface area contributed by atoms with E-state index in [0.717, 1.165) is 25.1 Å². The molecule has 138 valence electrons. The summed E-state index contributed by atoms with van der Waals surface area (Å²) >= 11 is -0.270. The van der Waals surface area contributed by atoms with Crippen molar-refractivity contribution in [3.8, 4) is 0 Å². The fraction of sp³-hybridized carbons (Fsp3) is 0.600. The lowest BCUT2D eigenvalue weighted by molar-refractivity contribution is -0.0328. The van der Waals surface area contributed by atoms with Crippen molar-refractivity contribution in [2.45, 2.75) is 48.0 Å². The van der Waals surface area contributed by atoms with Crippen LogP contribution in [0, 0.1) is 0 Å². The average Bonchev–Trinajstić information content (AvgIpc) is 2.45. The van der Waals surface area contributed by atoms with Gasteiger partial charge in [-0.15, -0.1) is 0 Å². The number of hydrogen-bond acceptors (Lipinski definition) is 4. The lowest BCUT2D eigenvalue weighted by Crippen LogP contribution is -2.29. The number of unbranched alkanes of at least 4 members (excludes halogenated alkanes) is 1. The minimum atomic E-state index is -4.39. The van der Waals surface area contributed by atoms with Crippen LogP contribution in [0.15, 0.2) is 34.1 Å². The Morgan fingerprint density at radius 1 is 1.17 bits per heavy atom. The van der Waals surface area contributed by atoms with E-state index in [4.69, 9.17) is 0 Å². The van der Waals surface area contributed by atoms with Crippen LogP contribution in [-0.2, 0) is 10.0 Å². The Bertz CT molecular complexity index is 602. The molecule has 9 heteroatoms. The summed E-state index contributed by atoms with van der Waals surface area (Å²) in [5, 5.41) is 0. The Morgan fingerprint density at radius 2 is 1.75 bits per heavy atom. The van der Waals surface area contributed by atoms with Crippen LogP contribution in [0.5, 0.6) is 0 Å². The number of rotatable bonds is 9. The molecule has 1 aromatic carbocycles. The van der Waals surface area contributed by atoms with Crippen molar-refractivity contribution in [3.05, 3.63) is 24.3 Å². The van der Waals surface area contributed by atoms with E-state index in [0.29, 0.717) is 19.0 Å². The van der Waals surface area contributed by atoms with Crippen molar-refractivity contribution in [2.75, 3.05) is 20.1 Å². The number of alkyl halides is 3. The van der Waals surface area contributed by atoms with E-state index in [2.05, 4.69) is 23.5 Å². The van der Waals surface area contributed by atoms with E-state index in [1.807, 2.05) is 7.05 Å². The molecule has 0 atom stereocenters. The summed E-state index contributed by atoms with van der Waals surface area (Å²) in [6, 6.07) is 5.12. The van der Waals surface area contributed by atoms with Gasteiger partial charge in [-0.1, -0.05) is 0 Å². The maximum atomic E-state index is 12.3. The Hall–Kier alpha value is -0.770. The molecule has 0 amide bonds. The molecule has 0 aliphatic rings. The first kappa shape index (κ1) is 21.3. The van der Waals surface area contributed by atoms with E-state index in [1.165, 1.54) is 12.1 Å². The first-order valence-corrected chi connectivity index (χ1v) is 9.87. The molecule has 1 aromatic rings. The Balaban J connectivity index is 2.48. The molecule has 0 spiro atoms. The van der Waals surface area contributed by atoms with E-state index >= 15 is 0 Å². The van der Waals surface area contributed by atoms with Crippen LogP contribution in [0.4, 0.5) is 13.2 Å². The maximum absolute atomic E-state index is 12.3. The van der Waals surface area contributed by atoms with Crippen molar-refractivity contribution in [1.29, 1.82) is 0 Å². The standard InChI is InChI=1S/C15H23F3N2O2S2/c1-12(2)20(3)11-5-4-10-19-24(21,22)14-8-6-13(7-9-14)23-15(16,17)18/h6-9,12,19H,4-5,10-11H2,1-3H3. The molecule has 0 aliphatic heterocycles. The number of benzene rings is 1. The van der Waals surface area contributed by atoms with Gasteiger partial charge in [-0.2, -0.15) is 13.2 Å². The number of nitrogens with zero attached hydrogens (tertiary/aromatic N) is 1. The third kappa shape index (κ3) is 7.87. The first-order chi connectivity index (χ1) is 11.0. The van der Waals surface area contributed by atoms with Crippen LogP contribution in [-0.4, -0.2) is 45.0 Å². The number of halogens is 3. The van der Waals surface area contributed by atoms with E-state index in [1.54, 1.807) is 0 Å². The highest BCUT2D eigenvalue weighted by atomic mass is 32.2. The highest BCUT2D eigenvalue weighted by Crippen LogP contribution is 2.36. The van der Waals surface area contributed by atoms with Crippen LogP contribution in [0.2, 0.25) is 0 Å². The molecule has 0 unspecified atom stereocenters. The summed E-state index contributed by atoms with van der Waals surface area (Å²) in [6.07, 6.45) is 1.55. The number of hydrogen-bond donors (Lipinski definition) is 1. The zero-order chi connectivity index (χ0) is 18.4. The second-order valence-electron chi connectivity index (χ2n) is 5.70. The van der Waals surface area contributed by atoms with Gasteiger partial charge < -0.3 is 4.90 Å². The Kier molecular flexibility index (Phi) is 8.04. The van der Waals surface area contributed by atoms with Gasteiger partial charge in [0.2, 0.25) is 10.0 Å². The van der Waals surface area contributed by atoms with E-state index in [9.17, 15) is 21.6 Å². The normalized spacial score (nSPS) is 13.0. The highest BCUT2D eigenvalue weighted by Gasteiger charge is 2.29. The summed E-state index contributed by atoms with van der Waals surface area (Å²) in [4.78, 5) is 2.09. The van der Waals surface area contributed by atoms with Gasteiger partial charge in [0, 0.05) is 17.5 Å². The van der Waals surface area contributed by atoms with Gasteiger partial charge in [0.25, 0.3) is 0 Å². The summed E-state index contributed by atoms with van der Waals surface area (Å²) in [7, 11) is -1.68. The molecular weight excluding hydrogens is 361 g/mol. The zero-order valence-electron chi connectivity index (χ0n) is 13.9. The van der Waals surface area contributed by atoms with Crippen molar-refractivity contribution in [3.63, 3.8) is 0 Å². The fourth-order valence-electron chi connectivity index (χ4n) is 1.85. The van der Waals surface area contributed by atoms with Crippen molar-refractivity contribution >= 4 is 21.8 Å². The molecule has 0 aromatic heterocycles. The van der Waals surface area contributed by atoms with E-state index in [-0.39, 0.29) is 21.6 Å². The SMILES string of the molecule is CC(C)N(C)CCCCNS(=O)(=O)c1ccc(SC(F)(F)F)cc1. The van der Waals surface area contributed by atoms with Crippen LogP contribution >= 0.6 is 11.8 Å². The van der Waals surface area contributed by atoms with Crippen molar-refractivity contribution < 1.29 is 21.6 Å². The Morgan fingerprint density at radius 3 is 2.25 bits per heavy atom. The van der Waals surface area contributed by atoms with Crippen LogP contribution in [0.25, 0.3) is 0 Å². The predicted molar refractivity (Wildman–Crippen MR) is 90.5 cm³/mol. The fourth-order valence-corrected chi connectivity index (χ4v) is 3.47. The second kappa shape index (κ2) is 9.07. The molecular formula is C15H23F3N2O2S2. The molecule has 0 saturated heterocycles. The third-order valence-electron chi connectivity index (χ3n) is 3.48. The molecule has 0 fully saturated rings. The van der Waals surface area contributed by atoms with Crippen molar-refractivity contribution in [2.24, 2.45) is 0 Å². The average molecular weight is 384 g/mol. The molecule has 0 bridgehead atoms. The number of sulfonamides is 1. The number of nitrogens with one attached hydrogen (secondary N) is 1. The lowest BCUT2D eigenvalue weighted by atomic mass is 10.2. The van der Waals surface area contributed by atoms with Gasteiger partial charge >= 0.3 is 5.51 Å². The van der Waals surface area contributed by atoms with Crippen LogP contribution < -0.4 is 4.72 Å². The van der Waals surface area contributed by atoms with Crippen LogP contribution in [0.3, 0.4) is 0 Å². The van der Waals surface area contributed by atoms with Gasteiger partial charge in [0.1, 0.15) is 0 Å². The van der Waals surface area contributed by atoms with Crippen molar-refractivity contribution in [1.82, 2.24) is 9.62 Å². The van der Waals surface area contributed by atoms with Gasteiger partial charge in [-0.25, -0.2) is 13.1 Å². The highest BCUT2D eigenvalue weighted by molar-refractivity contribution is 8.00. The lowest BCUT2D eigenvalue weighted by Gasteiger charge is -2.20. The summed E-state index contributed by atoms with van der Waals surface area (Å²) in [5.74, 6) is 0. The minimum absolute atomic E-state index is 0.0340. The molecule has 0 heterocycles. The molecule has 24 heavy (non-hydrogen) atoms. The maximum Gasteiger partial charge on any atom is 0.446 e. The molecule has 1 rings (SSSR count).